The summed E-state index contributed by atoms with van der Waals surface area (Å²) in [4.78, 5) is 22.7. The lowest BCUT2D eigenvalue weighted by Crippen LogP contribution is -2.55. The van der Waals surface area contributed by atoms with Gasteiger partial charge < -0.3 is 14.6 Å². The van der Waals surface area contributed by atoms with Crippen LogP contribution in [0.1, 0.15) is 31.4 Å². The van der Waals surface area contributed by atoms with Crippen LogP contribution in [0, 0.1) is 11.3 Å². The Morgan fingerprint density at radius 2 is 2.00 bits per heavy atom. The maximum atomic E-state index is 13.4. The Balaban J connectivity index is 0.00000120. The van der Waals surface area contributed by atoms with Crippen molar-refractivity contribution in [3.05, 3.63) is 36.3 Å². The molecular weight excluding hydrogens is 409 g/mol. The lowest BCUT2D eigenvalue weighted by atomic mass is 9.67. The number of aromatic nitrogens is 2. The predicted molar refractivity (Wildman–Crippen MR) is 119 cm³/mol. The van der Waals surface area contributed by atoms with E-state index in [-0.39, 0.29) is 30.2 Å². The van der Waals surface area contributed by atoms with Gasteiger partial charge in [-0.25, -0.2) is 4.98 Å². The highest BCUT2D eigenvalue weighted by atomic mass is 35.5. The van der Waals surface area contributed by atoms with Gasteiger partial charge in [0, 0.05) is 51.7 Å². The third-order valence-corrected chi connectivity index (χ3v) is 6.92. The Bertz CT molecular complexity index is 802. The van der Waals surface area contributed by atoms with Crippen molar-refractivity contribution in [2.75, 3.05) is 39.3 Å². The molecule has 5 rings (SSSR count). The van der Waals surface area contributed by atoms with Crippen molar-refractivity contribution in [1.82, 2.24) is 24.5 Å². The number of fused-ring (bicyclic) bond motifs is 2. The largest absolute Gasteiger partial charge is 0.340 e. The quantitative estimate of drug-likeness (QED) is 0.798. The van der Waals surface area contributed by atoms with Crippen molar-refractivity contribution >= 4 is 36.4 Å². The van der Waals surface area contributed by atoms with Crippen molar-refractivity contribution in [2.24, 2.45) is 11.3 Å². The van der Waals surface area contributed by atoms with Gasteiger partial charge in [0.05, 0.1) is 11.1 Å². The highest BCUT2D eigenvalue weighted by Gasteiger charge is 2.51. The second-order valence-corrected chi connectivity index (χ2v) is 8.50. The van der Waals surface area contributed by atoms with Crippen LogP contribution in [-0.2, 0) is 11.3 Å². The zero-order valence-corrected chi connectivity index (χ0v) is 18.4. The Labute approximate surface area is 184 Å². The van der Waals surface area contributed by atoms with Crippen molar-refractivity contribution in [3.63, 3.8) is 0 Å². The number of carbonyl (C=O) groups excluding carboxylic acids is 1. The number of carbonyl (C=O) groups is 1. The molecule has 0 spiro atoms. The number of pyridine rings is 1. The summed E-state index contributed by atoms with van der Waals surface area (Å²) in [5, 5.41) is 3.51. The highest BCUT2D eigenvalue weighted by molar-refractivity contribution is 5.85. The molecule has 4 heterocycles. The van der Waals surface area contributed by atoms with Crippen LogP contribution in [0.3, 0.4) is 0 Å². The molecule has 3 fully saturated rings. The smallest absolute Gasteiger partial charge is 0.230 e. The van der Waals surface area contributed by atoms with Crippen LogP contribution in [0.2, 0.25) is 0 Å². The van der Waals surface area contributed by atoms with E-state index in [1.165, 1.54) is 19.3 Å². The Morgan fingerprint density at radius 3 is 2.79 bits per heavy atom. The molecule has 160 valence electrons. The predicted octanol–water partition coefficient (Wildman–Crippen LogP) is 2.60. The van der Waals surface area contributed by atoms with Gasteiger partial charge in [0.15, 0.2) is 0 Å². The lowest BCUT2D eigenvalue weighted by molar-refractivity contribution is -0.147. The first-order chi connectivity index (χ1) is 13.2. The maximum Gasteiger partial charge on any atom is 0.230 e. The number of nitrogens with zero attached hydrogens (tertiary/aromatic N) is 4. The van der Waals surface area contributed by atoms with E-state index in [9.17, 15) is 4.79 Å². The van der Waals surface area contributed by atoms with E-state index in [1.807, 2.05) is 24.4 Å². The van der Waals surface area contributed by atoms with E-state index in [2.05, 4.69) is 25.7 Å². The third-order valence-electron chi connectivity index (χ3n) is 6.92. The molecular formula is C21H31Cl2N5O. The van der Waals surface area contributed by atoms with Gasteiger partial charge in [0.1, 0.15) is 5.65 Å². The number of halogens is 2. The molecule has 1 saturated carbocycles. The van der Waals surface area contributed by atoms with Crippen LogP contribution in [0.4, 0.5) is 0 Å². The first-order valence-electron chi connectivity index (χ1n) is 10.4. The van der Waals surface area contributed by atoms with Gasteiger partial charge in [-0.1, -0.05) is 18.9 Å². The van der Waals surface area contributed by atoms with Gasteiger partial charge in [-0.15, -0.1) is 24.8 Å². The summed E-state index contributed by atoms with van der Waals surface area (Å²) in [6.07, 6.45) is 8.93. The molecule has 1 amide bonds. The molecule has 1 aliphatic carbocycles. The van der Waals surface area contributed by atoms with Gasteiger partial charge >= 0.3 is 0 Å². The average Bonchev–Trinajstić information content (AvgIpc) is 3.32. The number of rotatable bonds is 3. The Hall–Kier alpha value is -1.34. The van der Waals surface area contributed by atoms with E-state index in [4.69, 9.17) is 4.98 Å². The summed E-state index contributed by atoms with van der Waals surface area (Å²) < 4.78 is 2.07. The lowest BCUT2D eigenvalue weighted by Gasteiger charge is -2.43. The Morgan fingerprint density at radius 1 is 1.17 bits per heavy atom. The van der Waals surface area contributed by atoms with E-state index < -0.39 is 0 Å². The summed E-state index contributed by atoms with van der Waals surface area (Å²) in [6.45, 7) is 6.35. The average molecular weight is 440 g/mol. The van der Waals surface area contributed by atoms with Gasteiger partial charge in [0.25, 0.3) is 0 Å². The number of imidazole rings is 1. The van der Waals surface area contributed by atoms with Gasteiger partial charge in [-0.3, -0.25) is 9.69 Å². The molecule has 8 heteroatoms. The van der Waals surface area contributed by atoms with Gasteiger partial charge in [-0.2, -0.15) is 0 Å². The summed E-state index contributed by atoms with van der Waals surface area (Å²) in [5.74, 6) is 0.972. The van der Waals surface area contributed by atoms with E-state index in [0.29, 0.717) is 11.8 Å². The van der Waals surface area contributed by atoms with Crippen LogP contribution in [0.15, 0.2) is 30.6 Å². The fourth-order valence-electron chi connectivity index (χ4n) is 5.38. The molecule has 1 N–H and O–H groups in total. The van der Waals surface area contributed by atoms with Gasteiger partial charge in [-0.05, 0) is 37.4 Å². The molecule has 3 aliphatic rings. The maximum absolute atomic E-state index is 13.4. The summed E-state index contributed by atoms with van der Waals surface area (Å²) in [7, 11) is 0. The van der Waals surface area contributed by atoms with Crippen LogP contribution in [0.25, 0.3) is 5.65 Å². The molecule has 2 aromatic heterocycles. The molecule has 0 bridgehead atoms. The second kappa shape index (κ2) is 9.21. The number of piperazine rings is 1. The molecule has 2 saturated heterocycles. The van der Waals surface area contributed by atoms with Crippen LogP contribution < -0.4 is 5.32 Å². The second-order valence-electron chi connectivity index (χ2n) is 8.50. The van der Waals surface area contributed by atoms with Crippen molar-refractivity contribution < 1.29 is 4.79 Å². The van der Waals surface area contributed by atoms with Crippen LogP contribution in [-0.4, -0.2) is 64.4 Å². The van der Waals surface area contributed by atoms with Gasteiger partial charge in [0.2, 0.25) is 5.91 Å². The van der Waals surface area contributed by atoms with Crippen LogP contribution >= 0.6 is 24.8 Å². The standard InChI is InChI=1S/C21H29N5O.2ClH/c27-20(21-7-3-1-5-17(21)13-22-16-21)25-11-9-24(10-12-25)14-18-15-26-8-4-2-6-19(26)23-18;;/h2,4,6,8,15,17,22H,1,3,5,7,9-14,16H2;2*1H/t17-,21+;;/m0../s1. The zero-order valence-electron chi connectivity index (χ0n) is 16.8. The molecule has 2 atom stereocenters. The van der Waals surface area contributed by atoms with E-state index in [0.717, 1.165) is 63.6 Å². The molecule has 0 aromatic carbocycles. The number of amides is 1. The zero-order chi connectivity index (χ0) is 18.3. The van der Waals surface area contributed by atoms with Crippen molar-refractivity contribution in [2.45, 2.75) is 32.2 Å². The van der Waals surface area contributed by atoms with Crippen molar-refractivity contribution in [1.29, 1.82) is 0 Å². The van der Waals surface area contributed by atoms with E-state index >= 15 is 0 Å². The summed E-state index contributed by atoms with van der Waals surface area (Å²) >= 11 is 0. The first-order valence-corrected chi connectivity index (χ1v) is 10.4. The fraction of sp³-hybridized carbons (Fsp3) is 0.619. The molecule has 29 heavy (non-hydrogen) atoms. The summed E-state index contributed by atoms with van der Waals surface area (Å²) in [6, 6.07) is 6.08. The molecule has 2 aromatic rings. The number of hydrogen-bond donors (Lipinski definition) is 1. The first kappa shape index (κ1) is 22.3. The molecule has 0 unspecified atom stereocenters. The monoisotopic (exact) mass is 439 g/mol. The minimum absolute atomic E-state index is 0. The normalized spacial score (nSPS) is 27.2. The minimum atomic E-state index is -0.109. The third kappa shape index (κ3) is 4.13. The molecule has 6 nitrogen and oxygen atoms in total. The fourth-order valence-corrected chi connectivity index (χ4v) is 5.38. The molecule has 0 radical (unpaired) electrons. The van der Waals surface area contributed by atoms with E-state index in [1.54, 1.807) is 0 Å². The molecule has 2 aliphatic heterocycles. The number of hydrogen-bond acceptors (Lipinski definition) is 4. The minimum Gasteiger partial charge on any atom is -0.340 e. The SMILES string of the molecule is Cl.Cl.O=C(N1CCN(Cc2cn3ccccc3n2)CC1)[C@@]12CCCC[C@H]1CNC2. The van der Waals surface area contributed by atoms with Crippen LogP contribution in [0.5, 0.6) is 0 Å². The topological polar surface area (TPSA) is 52.9 Å². The highest BCUT2D eigenvalue weighted by Crippen LogP contribution is 2.45. The Kier molecular flexibility index (Phi) is 7.10. The number of nitrogens with one attached hydrogen (secondary N) is 1. The van der Waals surface area contributed by atoms with Crippen molar-refractivity contribution in [3.8, 4) is 0 Å². The summed E-state index contributed by atoms with van der Waals surface area (Å²) in [5.41, 5.74) is 1.99.